The Morgan fingerprint density at radius 2 is 1.71 bits per heavy atom. The van der Waals surface area contributed by atoms with Gasteiger partial charge in [-0.15, -0.1) is 0 Å². The molecule has 0 saturated heterocycles. The number of hydrogen-bond donors (Lipinski definition) is 0. The van der Waals surface area contributed by atoms with Crippen LogP contribution in [0.25, 0.3) is 0 Å². The van der Waals surface area contributed by atoms with Crippen LogP contribution in [-0.2, 0) is 0 Å². The molecule has 1 unspecified atom stereocenters. The van der Waals surface area contributed by atoms with Gasteiger partial charge in [0, 0.05) is 5.92 Å². The standard InChI is InChI=1S/C17H24/c1-2-8-14(9-3-1)16-12-6-7-13-17(16)15-10-4-5-11-15/h4-5,8,13,15-16H,1-3,6-7,9-12H2. The van der Waals surface area contributed by atoms with Crippen LogP contribution in [0.2, 0.25) is 0 Å². The van der Waals surface area contributed by atoms with E-state index in [2.05, 4.69) is 24.3 Å². The zero-order valence-electron chi connectivity index (χ0n) is 10.8. The molecule has 0 heteroatoms. The van der Waals surface area contributed by atoms with Crippen molar-refractivity contribution >= 4 is 0 Å². The molecule has 3 aliphatic rings. The average Bonchev–Trinajstić information content (AvgIpc) is 2.94. The highest BCUT2D eigenvalue weighted by Gasteiger charge is 2.27. The van der Waals surface area contributed by atoms with Crippen LogP contribution in [0.5, 0.6) is 0 Å². The highest BCUT2D eigenvalue weighted by atomic mass is 14.3. The predicted molar refractivity (Wildman–Crippen MR) is 73.8 cm³/mol. The Labute approximate surface area is 105 Å². The van der Waals surface area contributed by atoms with Crippen molar-refractivity contribution in [2.24, 2.45) is 11.8 Å². The minimum absolute atomic E-state index is 0.828. The van der Waals surface area contributed by atoms with E-state index in [-0.39, 0.29) is 0 Å². The smallest absolute Gasteiger partial charge is 0.00100 e. The normalized spacial score (nSPS) is 30.2. The molecule has 0 nitrogen and oxygen atoms in total. The maximum atomic E-state index is 2.58. The summed E-state index contributed by atoms with van der Waals surface area (Å²) in [4.78, 5) is 0. The van der Waals surface area contributed by atoms with E-state index in [0.717, 1.165) is 11.8 Å². The third-order valence-electron chi connectivity index (χ3n) is 4.73. The summed E-state index contributed by atoms with van der Waals surface area (Å²) in [5, 5.41) is 0. The molecule has 0 heterocycles. The number of rotatable bonds is 2. The minimum atomic E-state index is 0.828. The van der Waals surface area contributed by atoms with Gasteiger partial charge in [-0.25, -0.2) is 0 Å². The molecule has 3 rings (SSSR count). The molecule has 0 saturated carbocycles. The van der Waals surface area contributed by atoms with Crippen molar-refractivity contribution < 1.29 is 0 Å². The van der Waals surface area contributed by atoms with Gasteiger partial charge in [-0.1, -0.05) is 35.5 Å². The lowest BCUT2D eigenvalue weighted by Gasteiger charge is -2.32. The molecule has 0 fully saturated rings. The highest BCUT2D eigenvalue weighted by molar-refractivity contribution is 5.28. The van der Waals surface area contributed by atoms with E-state index in [1.54, 1.807) is 11.1 Å². The molecule has 0 aliphatic heterocycles. The van der Waals surface area contributed by atoms with Gasteiger partial charge in [0.25, 0.3) is 0 Å². The monoisotopic (exact) mass is 228 g/mol. The van der Waals surface area contributed by atoms with Crippen LogP contribution < -0.4 is 0 Å². The Bertz CT molecular complexity index is 348. The SMILES string of the molecule is C1=CCC(C2=CCCCC2C2=CCCCC2)C1. The maximum absolute atomic E-state index is 2.58. The summed E-state index contributed by atoms with van der Waals surface area (Å²) < 4.78 is 0. The van der Waals surface area contributed by atoms with E-state index in [4.69, 9.17) is 0 Å². The third-order valence-corrected chi connectivity index (χ3v) is 4.73. The Hall–Kier alpha value is -0.780. The average molecular weight is 228 g/mol. The first-order chi connectivity index (χ1) is 8.45. The quantitative estimate of drug-likeness (QED) is 0.571. The number of hydrogen-bond acceptors (Lipinski definition) is 0. The first-order valence-corrected chi connectivity index (χ1v) is 7.49. The van der Waals surface area contributed by atoms with Crippen molar-refractivity contribution in [3.8, 4) is 0 Å². The topological polar surface area (TPSA) is 0 Å². The predicted octanol–water partition coefficient (Wildman–Crippen LogP) is 5.18. The molecule has 0 radical (unpaired) electrons. The summed E-state index contributed by atoms with van der Waals surface area (Å²) in [5.41, 5.74) is 3.59. The van der Waals surface area contributed by atoms with Gasteiger partial charge < -0.3 is 0 Å². The Kier molecular flexibility index (Phi) is 3.49. The molecule has 92 valence electrons. The molecule has 0 amide bonds. The Morgan fingerprint density at radius 1 is 0.882 bits per heavy atom. The third kappa shape index (κ3) is 2.41. The van der Waals surface area contributed by atoms with Crippen LogP contribution in [-0.4, -0.2) is 0 Å². The van der Waals surface area contributed by atoms with E-state index < -0.39 is 0 Å². The fourth-order valence-corrected chi connectivity index (χ4v) is 3.82. The fourth-order valence-electron chi connectivity index (χ4n) is 3.82. The van der Waals surface area contributed by atoms with E-state index in [0.29, 0.717) is 0 Å². The van der Waals surface area contributed by atoms with Crippen LogP contribution in [0.1, 0.15) is 57.8 Å². The maximum Gasteiger partial charge on any atom is 0.00100 e. The van der Waals surface area contributed by atoms with Crippen molar-refractivity contribution in [1.29, 1.82) is 0 Å². The Morgan fingerprint density at radius 3 is 2.47 bits per heavy atom. The summed E-state index contributed by atoms with van der Waals surface area (Å²) in [7, 11) is 0. The van der Waals surface area contributed by atoms with E-state index >= 15 is 0 Å². The first kappa shape index (κ1) is 11.3. The molecule has 0 bridgehead atoms. The van der Waals surface area contributed by atoms with Gasteiger partial charge in [-0.05, 0) is 63.7 Å². The second kappa shape index (κ2) is 5.25. The summed E-state index contributed by atoms with van der Waals surface area (Å²) in [6.07, 6.45) is 22.2. The largest absolute Gasteiger partial charge is 0.0879 e. The summed E-state index contributed by atoms with van der Waals surface area (Å²) in [6.45, 7) is 0. The van der Waals surface area contributed by atoms with Crippen molar-refractivity contribution in [2.75, 3.05) is 0 Å². The van der Waals surface area contributed by atoms with Crippen molar-refractivity contribution in [3.05, 3.63) is 35.5 Å². The van der Waals surface area contributed by atoms with Crippen molar-refractivity contribution in [2.45, 2.75) is 57.8 Å². The lowest BCUT2D eigenvalue weighted by Crippen LogP contribution is -2.18. The Balaban J connectivity index is 1.79. The van der Waals surface area contributed by atoms with Crippen LogP contribution >= 0.6 is 0 Å². The van der Waals surface area contributed by atoms with Gasteiger partial charge in [0.15, 0.2) is 0 Å². The minimum Gasteiger partial charge on any atom is -0.0879 e. The van der Waals surface area contributed by atoms with Crippen LogP contribution in [0.15, 0.2) is 35.5 Å². The van der Waals surface area contributed by atoms with Gasteiger partial charge in [0.2, 0.25) is 0 Å². The summed E-state index contributed by atoms with van der Waals surface area (Å²) in [5.74, 6) is 1.68. The molecule has 1 atom stereocenters. The second-order valence-electron chi connectivity index (χ2n) is 5.85. The molecule has 0 N–H and O–H groups in total. The molecule has 0 aromatic heterocycles. The summed E-state index contributed by atoms with van der Waals surface area (Å²) in [6, 6.07) is 0. The van der Waals surface area contributed by atoms with Crippen LogP contribution in [0.3, 0.4) is 0 Å². The van der Waals surface area contributed by atoms with Crippen LogP contribution in [0.4, 0.5) is 0 Å². The molecule has 3 aliphatic carbocycles. The zero-order valence-corrected chi connectivity index (χ0v) is 10.8. The van der Waals surface area contributed by atoms with E-state index in [1.807, 2.05) is 0 Å². The molecule has 0 aromatic rings. The van der Waals surface area contributed by atoms with Gasteiger partial charge in [-0.3, -0.25) is 0 Å². The van der Waals surface area contributed by atoms with E-state index in [9.17, 15) is 0 Å². The highest BCUT2D eigenvalue weighted by Crippen LogP contribution is 2.42. The lowest BCUT2D eigenvalue weighted by molar-refractivity contribution is 0.470. The molecule has 0 spiro atoms. The van der Waals surface area contributed by atoms with E-state index in [1.165, 1.54) is 57.8 Å². The first-order valence-electron chi connectivity index (χ1n) is 7.49. The van der Waals surface area contributed by atoms with Crippen LogP contribution in [0, 0.1) is 11.8 Å². The van der Waals surface area contributed by atoms with Gasteiger partial charge >= 0.3 is 0 Å². The van der Waals surface area contributed by atoms with Gasteiger partial charge in [-0.2, -0.15) is 0 Å². The lowest BCUT2D eigenvalue weighted by atomic mass is 9.73. The van der Waals surface area contributed by atoms with Gasteiger partial charge in [0.05, 0.1) is 0 Å². The van der Waals surface area contributed by atoms with Crippen molar-refractivity contribution in [3.63, 3.8) is 0 Å². The second-order valence-corrected chi connectivity index (χ2v) is 5.85. The van der Waals surface area contributed by atoms with Gasteiger partial charge in [0.1, 0.15) is 0 Å². The molecular weight excluding hydrogens is 204 g/mol. The summed E-state index contributed by atoms with van der Waals surface area (Å²) >= 11 is 0. The number of allylic oxidation sites excluding steroid dienone is 6. The fraction of sp³-hybridized carbons (Fsp3) is 0.647. The zero-order chi connectivity index (χ0) is 11.5. The molecule has 0 aromatic carbocycles. The van der Waals surface area contributed by atoms with Crippen molar-refractivity contribution in [1.82, 2.24) is 0 Å². The molecule has 17 heavy (non-hydrogen) atoms. The molecular formula is C17H24.